The first-order valence-corrected chi connectivity index (χ1v) is 8.65. The van der Waals surface area contributed by atoms with E-state index >= 15 is 0 Å². The normalized spacial score (nSPS) is 29.7. The maximum absolute atomic E-state index is 12.6. The molecule has 2 saturated heterocycles. The molecule has 0 saturated carbocycles. The van der Waals surface area contributed by atoms with Crippen molar-refractivity contribution in [3.05, 3.63) is 18.0 Å². The quantitative estimate of drug-likeness (QED) is 0.835. The summed E-state index contributed by atoms with van der Waals surface area (Å²) in [7, 11) is 1.91. The van der Waals surface area contributed by atoms with Crippen molar-refractivity contribution in [1.29, 1.82) is 0 Å². The van der Waals surface area contributed by atoms with E-state index in [-0.39, 0.29) is 36.3 Å². The third-order valence-corrected chi connectivity index (χ3v) is 5.16. The number of amides is 1. The van der Waals surface area contributed by atoms with Gasteiger partial charge < -0.3 is 15.4 Å². The maximum Gasteiger partial charge on any atom is 0.225 e. The molecule has 0 radical (unpaired) electrons. The fourth-order valence-corrected chi connectivity index (χ4v) is 3.91. The fraction of sp³-hybridized carbons (Fsp3) is 0.765. The summed E-state index contributed by atoms with van der Waals surface area (Å²) in [6.07, 6.45) is 5.19. The summed E-state index contributed by atoms with van der Waals surface area (Å²) >= 11 is 0. The maximum atomic E-state index is 12.6. The van der Waals surface area contributed by atoms with Crippen LogP contribution in [0.3, 0.4) is 0 Å². The van der Waals surface area contributed by atoms with Gasteiger partial charge in [0.05, 0.1) is 18.2 Å². The van der Waals surface area contributed by atoms with Crippen LogP contribution in [-0.4, -0.2) is 48.0 Å². The molecule has 0 bridgehead atoms. The molecule has 0 spiro atoms. The van der Waals surface area contributed by atoms with E-state index < -0.39 is 0 Å². The largest absolute Gasteiger partial charge is 0.378 e. The highest BCUT2D eigenvalue weighted by atomic mass is 35.5. The predicted molar refractivity (Wildman–Crippen MR) is 95.3 cm³/mol. The van der Waals surface area contributed by atoms with Crippen LogP contribution in [-0.2, 0) is 16.6 Å². The summed E-state index contributed by atoms with van der Waals surface area (Å²) in [4.78, 5) is 12.6. The van der Waals surface area contributed by atoms with Gasteiger partial charge in [0.2, 0.25) is 5.91 Å². The molecule has 3 rings (SSSR count). The minimum absolute atomic E-state index is 0. The number of halogens is 1. The molecule has 7 heteroatoms. The highest BCUT2D eigenvalue weighted by Crippen LogP contribution is 2.29. The molecule has 2 fully saturated rings. The van der Waals surface area contributed by atoms with E-state index in [0.29, 0.717) is 11.8 Å². The van der Waals surface area contributed by atoms with Crippen LogP contribution >= 0.6 is 12.4 Å². The molecule has 1 aromatic rings. The van der Waals surface area contributed by atoms with Crippen LogP contribution in [0.5, 0.6) is 0 Å². The van der Waals surface area contributed by atoms with E-state index in [1.54, 1.807) is 4.68 Å². The Bertz CT molecular complexity index is 548. The number of carbonyl (C=O) groups excluding carboxylic acids is 1. The lowest BCUT2D eigenvalue weighted by molar-refractivity contribution is -0.125. The monoisotopic (exact) mass is 356 g/mol. The molecule has 2 N–H and O–H groups in total. The second-order valence-corrected chi connectivity index (χ2v) is 7.19. The number of rotatable bonds is 5. The summed E-state index contributed by atoms with van der Waals surface area (Å²) in [5.74, 6) is 1.28. The third-order valence-electron chi connectivity index (χ3n) is 5.16. The minimum Gasteiger partial charge on any atom is -0.378 e. The number of aryl methyl sites for hydroxylation is 1. The molecular formula is C17H29ClN4O2. The average molecular weight is 357 g/mol. The Morgan fingerprint density at radius 1 is 1.50 bits per heavy atom. The van der Waals surface area contributed by atoms with Crippen molar-refractivity contribution in [2.45, 2.75) is 32.3 Å². The lowest BCUT2D eigenvalue weighted by Gasteiger charge is -2.23. The highest BCUT2D eigenvalue weighted by molar-refractivity contribution is 5.85. The van der Waals surface area contributed by atoms with Gasteiger partial charge in [0.1, 0.15) is 0 Å². The molecular weight excluding hydrogens is 328 g/mol. The number of nitrogens with zero attached hydrogens (tertiary/aromatic N) is 2. The Kier molecular flexibility index (Phi) is 6.66. The van der Waals surface area contributed by atoms with E-state index in [1.165, 1.54) is 0 Å². The Labute approximate surface area is 150 Å². The molecule has 2 unspecified atom stereocenters. The van der Waals surface area contributed by atoms with Crippen LogP contribution in [0.25, 0.3) is 0 Å². The van der Waals surface area contributed by atoms with Gasteiger partial charge in [-0.15, -0.1) is 12.4 Å². The van der Waals surface area contributed by atoms with E-state index in [2.05, 4.69) is 29.6 Å². The molecule has 4 atom stereocenters. The lowest BCUT2D eigenvalue weighted by Crippen LogP contribution is -2.39. The van der Waals surface area contributed by atoms with E-state index in [1.807, 2.05) is 19.4 Å². The van der Waals surface area contributed by atoms with Gasteiger partial charge in [-0.1, -0.05) is 13.8 Å². The second-order valence-electron chi connectivity index (χ2n) is 7.19. The van der Waals surface area contributed by atoms with Crippen LogP contribution in [0.4, 0.5) is 0 Å². The summed E-state index contributed by atoms with van der Waals surface area (Å²) in [6.45, 7) is 7.48. The molecule has 24 heavy (non-hydrogen) atoms. The van der Waals surface area contributed by atoms with Crippen molar-refractivity contribution < 1.29 is 9.53 Å². The van der Waals surface area contributed by atoms with Crippen LogP contribution in [0.2, 0.25) is 0 Å². The molecule has 136 valence electrons. The second kappa shape index (κ2) is 8.32. The highest BCUT2D eigenvalue weighted by Gasteiger charge is 2.36. The van der Waals surface area contributed by atoms with Crippen molar-refractivity contribution >= 4 is 18.3 Å². The van der Waals surface area contributed by atoms with Crippen molar-refractivity contribution in [3.63, 3.8) is 0 Å². The molecule has 2 aliphatic rings. The number of nitrogens with one attached hydrogen (secondary N) is 2. The average Bonchev–Trinajstić information content (AvgIpc) is 3.23. The van der Waals surface area contributed by atoms with Gasteiger partial charge in [-0.3, -0.25) is 9.48 Å². The smallest absolute Gasteiger partial charge is 0.225 e. The summed E-state index contributed by atoms with van der Waals surface area (Å²) in [5.41, 5.74) is 1.14. The minimum atomic E-state index is -0.0148. The number of hydrogen-bond acceptors (Lipinski definition) is 4. The van der Waals surface area contributed by atoms with Crippen molar-refractivity contribution in [2.75, 3.05) is 26.2 Å². The van der Waals surface area contributed by atoms with Crippen molar-refractivity contribution in [3.8, 4) is 0 Å². The Morgan fingerprint density at radius 2 is 2.29 bits per heavy atom. The van der Waals surface area contributed by atoms with Crippen molar-refractivity contribution in [1.82, 2.24) is 20.4 Å². The van der Waals surface area contributed by atoms with Gasteiger partial charge >= 0.3 is 0 Å². The molecule has 1 amide bonds. The van der Waals surface area contributed by atoms with Gasteiger partial charge in [0.25, 0.3) is 0 Å². The Morgan fingerprint density at radius 3 is 2.96 bits per heavy atom. The first-order chi connectivity index (χ1) is 11.1. The first kappa shape index (κ1) is 19.2. The van der Waals surface area contributed by atoms with E-state index in [9.17, 15) is 4.79 Å². The third kappa shape index (κ3) is 4.10. The van der Waals surface area contributed by atoms with Gasteiger partial charge in [-0.05, 0) is 17.9 Å². The number of carbonyl (C=O) groups is 1. The number of ether oxygens (including phenoxy) is 1. The van der Waals surface area contributed by atoms with Crippen molar-refractivity contribution in [2.24, 2.45) is 24.8 Å². The SMILES string of the molecule is CC(C)C1OCCC1CNC(=O)[C@H]1CNC[C@@H]1c1cnn(C)c1.Cl. The van der Waals surface area contributed by atoms with Gasteiger partial charge in [0, 0.05) is 51.3 Å². The van der Waals surface area contributed by atoms with Crippen LogP contribution in [0, 0.1) is 17.8 Å². The molecule has 2 aliphatic heterocycles. The zero-order chi connectivity index (χ0) is 16.4. The molecule has 0 aliphatic carbocycles. The summed E-state index contributed by atoms with van der Waals surface area (Å²) < 4.78 is 7.60. The Hall–Kier alpha value is -1.11. The van der Waals surface area contributed by atoms with E-state index in [0.717, 1.165) is 38.2 Å². The van der Waals surface area contributed by atoms with Gasteiger partial charge in [-0.2, -0.15) is 5.10 Å². The molecule has 0 aromatic carbocycles. The predicted octanol–water partition coefficient (Wildman–Crippen LogP) is 1.32. The zero-order valence-corrected chi connectivity index (χ0v) is 15.5. The Balaban J connectivity index is 0.00000208. The first-order valence-electron chi connectivity index (χ1n) is 8.65. The van der Waals surface area contributed by atoms with Gasteiger partial charge in [0.15, 0.2) is 0 Å². The standard InChI is InChI=1S/C17H28N4O2.ClH/c1-11(2)16-12(4-5-23-16)6-19-17(22)15-9-18-8-14(15)13-7-20-21(3)10-13;/h7,10-12,14-16,18H,4-6,8-9H2,1-3H3,(H,19,22);1H/t12?,14-,15+,16?;/m1./s1. The number of aromatic nitrogens is 2. The molecule has 6 nitrogen and oxygen atoms in total. The number of hydrogen-bond donors (Lipinski definition) is 2. The fourth-order valence-electron chi connectivity index (χ4n) is 3.91. The van der Waals surface area contributed by atoms with Crippen LogP contribution in [0.1, 0.15) is 31.7 Å². The van der Waals surface area contributed by atoms with Crippen LogP contribution < -0.4 is 10.6 Å². The van der Waals surface area contributed by atoms with Gasteiger partial charge in [-0.25, -0.2) is 0 Å². The lowest BCUT2D eigenvalue weighted by atomic mass is 9.89. The molecule has 1 aromatic heterocycles. The molecule has 3 heterocycles. The summed E-state index contributed by atoms with van der Waals surface area (Å²) in [5, 5.41) is 10.7. The van der Waals surface area contributed by atoms with E-state index in [4.69, 9.17) is 4.74 Å². The summed E-state index contributed by atoms with van der Waals surface area (Å²) in [6, 6.07) is 0. The zero-order valence-electron chi connectivity index (χ0n) is 14.7. The topological polar surface area (TPSA) is 68.2 Å². The van der Waals surface area contributed by atoms with Crippen LogP contribution in [0.15, 0.2) is 12.4 Å².